The van der Waals surface area contributed by atoms with Gasteiger partial charge < -0.3 is 10.6 Å². The summed E-state index contributed by atoms with van der Waals surface area (Å²) >= 11 is 1.89. The average molecular weight is 343 g/mol. The summed E-state index contributed by atoms with van der Waals surface area (Å²) in [4.78, 5) is 13.7. The number of hydrogen-bond acceptors (Lipinski definition) is 2. The molecule has 2 amide bonds. The van der Waals surface area contributed by atoms with E-state index in [1.807, 2.05) is 30.4 Å². The molecule has 1 heterocycles. The number of urea groups is 1. The second-order valence-electron chi connectivity index (χ2n) is 6.89. The van der Waals surface area contributed by atoms with Gasteiger partial charge >= 0.3 is 6.03 Å². The number of anilines is 1. The third kappa shape index (κ3) is 3.81. The van der Waals surface area contributed by atoms with Gasteiger partial charge in [-0.25, -0.2) is 4.79 Å². The standard InChI is InChI=1S/C20H26N2OS/c1-13-7-8-17-16(12-24-19(17)11-13)9-10-21-20(23)22-18-6-4-5-14(2)15(18)3/h4-6,12-13H,7-11H2,1-3H3,(H2,21,22,23). The van der Waals surface area contributed by atoms with Gasteiger partial charge in [-0.05, 0) is 79.1 Å². The molecule has 1 unspecified atom stereocenters. The number of nitrogens with one attached hydrogen (secondary N) is 2. The van der Waals surface area contributed by atoms with Crippen molar-refractivity contribution in [2.45, 2.75) is 46.5 Å². The van der Waals surface area contributed by atoms with Crippen LogP contribution < -0.4 is 10.6 Å². The van der Waals surface area contributed by atoms with Crippen LogP contribution in [0.25, 0.3) is 0 Å². The van der Waals surface area contributed by atoms with Crippen molar-refractivity contribution in [1.29, 1.82) is 0 Å². The van der Waals surface area contributed by atoms with Crippen molar-refractivity contribution in [2.75, 3.05) is 11.9 Å². The second-order valence-corrected chi connectivity index (χ2v) is 7.85. The van der Waals surface area contributed by atoms with Crippen LogP contribution in [0.1, 0.15) is 40.5 Å². The van der Waals surface area contributed by atoms with Crippen LogP contribution in [0.2, 0.25) is 0 Å². The van der Waals surface area contributed by atoms with Gasteiger partial charge in [0.05, 0.1) is 0 Å². The SMILES string of the molecule is Cc1cccc(NC(=O)NCCc2csc3c2CCC(C)C3)c1C. The molecule has 2 N–H and O–H groups in total. The summed E-state index contributed by atoms with van der Waals surface area (Å²) in [6.45, 7) is 7.10. The van der Waals surface area contributed by atoms with Crippen molar-refractivity contribution in [3.63, 3.8) is 0 Å². The van der Waals surface area contributed by atoms with Gasteiger partial charge in [-0.2, -0.15) is 0 Å². The van der Waals surface area contributed by atoms with E-state index in [9.17, 15) is 4.79 Å². The summed E-state index contributed by atoms with van der Waals surface area (Å²) in [5.74, 6) is 0.811. The summed E-state index contributed by atoms with van der Waals surface area (Å²) in [7, 11) is 0. The van der Waals surface area contributed by atoms with Crippen molar-refractivity contribution in [2.24, 2.45) is 5.92 Å². The first-order valence-corrected chi connectivity index (χ1v) is 9.61. The molecular weight excluding hydrogens is 316 g/mol. The van der Waals surface area contributed by atoms with E-state index in [0.29, 0.717) is 6.54 Å². The number of thiophene rings is 1. The van der Waals surface area contributed by atoms with E-state index in [1.165, 1.54) is 30.4 Å². The minimum Gasteiger partial charge on any atom is -0.338 e. The van der Waals surface area contributed by atoms with E-state index < -0.39 is 0 Å². The first-order valence-electron chi connectivity index (χ1n) is 8.73. The van der Waals surface area contributed by atoms with Gasteiger partial charge in [0.15, 0.2) is 0 Å². The molecule has 1 aromatic heterocycles. The highest BCUT2D eigenvalue weighted by Crippen LogP contribution is 2.32. The van der Waals surface area contributed by atoms with Gasteiger partial charge in [0.25, 0.3) is 0 Å². The topological polar surface area (TPSA) is 41.1 Å². The summed E-state index contributed by atoms with van der Waals surface area (Å²) < 4.78 is 0. The van der Waals surface area contributed by atoms with Crippen LogP contribution in [-0.2, 0) is 19.3 Å². The van der Waals surface area contributed by atoms with Crippen LogP contribution in [0, 0.1) is 19.8 Å². The van der Waals surface area contributed by atoms with Gasteiger partial charge in [0, 0.05) is 17.1 Å². The van der Waals surface area contributed by atoms with E-state index in [4.69, 9.17) is 0 Å². The maximum atomic E-state index is 12.1. The summed E-state index contributed by atoms with van der Waals surface area (Å²) in [6.07, 6.45) is 4.63. The lowest BCUT2D eigenvalue weighted by Crippen LogP contribution is -2.30. The maximum absolute atomic E-state index is 12.1. The van der Waals surface area contributed by atoms with Crippen LogP contribution in [0.5, 0.6) is 0 Å². The van der Waals surface area contributed by atoms with Crippen molar-refractivity contribution >= 4 is 23.1 Å². The zero-order chi connectivity index (χ0) is 17.1. The quantitative estimate of drug-likeness (QED) is 0.819. The summed E-state index contributed by atoms with van der Waals surface area (Å²) in [5.41, 5.74) is 6.17. The molecule has 1 atom stereocenters. The molecule has 2 aromatic rings. The predicted molar refractivity (Wildman–Crippen MR) is 102 cm³/mol. The van der Waals surface area contributed by atoms with E-state index in [-0.39, 0.29) is 6.03 Å². The molecule has 4 heteroatoms. The molecule has 3 rings (SSSR count). The van der Waals surface area contributed by atoms with Crippen molar-refractivity contribution in [3.8, 4) is 0 Å². The highest BCUT2D eigenvalue weighted by Gasteiger charge is 2.19. The fourth-order valence-electron chi connectivity index (χ4n) is 3.32. The molecule has 24 heavy (non-hydrogen) atoms. The first-order chi connectivity index (χ1) is 11.5. The zero-order valence-corrected chi connectivity index (χ0v) is 15.6. The van der Waals surface area contributed by atoms with E-state index >= 15 is 0 Å². The molecule has 0 radical (unpaired) electrons. The van der Waals surface area contributed by atoms with Gasteiger partial charge in [0.2, 0.25) is 0 Å². The normalized spacial score (nSPS) is 16.5. The van der Waals surface area contributed by atoms with Gasteiger partial charge in [-0.1, -0.05) is 19.1 Å². The van der Waals surface area contributed by atoms with Gasteiger partial charge in [-0.3, -0.25) is 0 Å². The van der Waals surface area contributed by atoms with Crippen LogP contribution in [-0.4, -0.2) is 12.6 Å². The fraction of sp³-hybridized carbons (Fsp3) is 0.450. The molecule has 128 valence electrons. The van der Waals surface area contributed by atoms with Crippen LogP contribution in [0.4, 0.5) is 10.5 Å². The number of amides is 2. The second kappa shape index (κ2) is 7.39. The Labute approximate surface area is 148 Å². The molecular formula is C20H26N2OS. The highest BCUT2D eigenvalue weighted by atomic mass is 32.1. The number of carbonyl (C=O) groups is 1. The largest absolute Gasteiger partial charge is 0.338 e. The molecule has 3 nitrogen and oxygen atoms in total. The van der Waals surface area contributed by atoms with E-state index in [0.717, 1.165) is 23.6 Å². The lowest BCUT2D eigenvalue weighted by molar-refractivity contribution is 0.252. The Bertz CT molecular complexity index is 735. The average Bonchev–Trinajstić information content (AvgIpc) is 2.94. The predicted octanol–water partition coefficient (Wildman–Crippen LogP) is 4.85. The van der Waals surface area contributed by atoms with E-state index in [2.05, 4.69) is 35.9 Å². The number of aryl methyl sites for hydroxylation is 1. The molecule has 1 aromatic carbocycles. The number of benzene rings is 1. The zero-order valence-electron chi connectivity index (χ0n) is 14.7. The lowest BCUT2D eigenvalue weighted by Gasteiger charge is -2.19. The lowest BCUT2D eigenvalue weighted by atomic mass is 9.88. The Morgan fingerprint density at radius 3 is 3.00 bits per heavy atom. The molecule has 1 aliphatic carbocycles. The molecule has 1 aliphatic rings. The molecule has 0 aliphatic heterocycles. The minimum atomic E-state index is -0.124. The van der Waals surface area contributed by atoms with Gasteiger partial charge in [-0.15, -0.1) is 11.3 Å². The molecule has 0 saturated heterocycles. The molecule has 0 saturated carbocycles. The number of rotatable bonds is 4. The summed E-state index contributed by atoms with van der Waals surface area (Å²) in [5, 5.41) is 8.22. The molecule has 0 bridgehead atoms. The minimum absolute atomic E-state index is 0.124. The third-order valence-electron chi connectivity index (χ3n) is 5.02. The monoisotopic (exact) mass is 342 g/mol. The smallest absolute Gasteiger partial charge is 0.319 e. The maximum Gasteiger partial charge on any atom is 0.319 e. The van der Waals surface area contributed by atoms with Gasteiger partial charge in [0.1, 0.15) is 0 Å². The Morgan fingerprint density at radius 1 is 1.33 bits per heavy atom. The van der Waals surface area contributed by atoms with Crippen molar-refractivity contribution in [3.05, 3.63) is 50.7 Å². The molecule has 0 spiro atoms. The van der Waals surface area contributed by atoms with Crippen LogP contribution >= 0.6 is 11.3 Å². The van der Waals surface area contributed by atoms with Crippen LogP contribution in [0.15, 0.2) is 23.6 Å². The Hall–Kier alpha value is -1.81. The Kier molecular flexibility index (Phi) is 5.24. The first kappa shape index (κ1) is 17.0. The number of carbonyl (C=O) groups excluding carboxylic acids is 1. The summed E-state index contributed by atoms with van der Waals surface area (Å²) in [6, 6.07) is 5.84. The Morgan fingerprint density at radius 2 is 2.17 bits per heavy atom. The van der Waals surface area contributed by atoms with Crippen molar-refractivity contribution in [1.82, 2.24) is 5.32 Å². The number of hydrogen-bond donors (Lipinski definition) is 2. The highest BCUT2D eigenvalue weighted by molar-refractivity contribution is 7.10. The van der Waals surface area contributed by atoms with Crippen molar-refractivity contribution < 1.29 is 4.79 Å². The fourth-order valence-corrected chi connectivity index (χ4v) is 4.62. The molecule has 0 fully saturated rings. The number of fused-ring (bicyclic) bond motifs is 1. The van der Waals surface area contributed by atoms with Crippen LogP contribution in [0.3, 0.4) is 0 Å². The van der Waals surface area contributed by atoms with E-state index in [1.54, 1.807) is 10.4 Å². The third-order valence-corrected chi connectivity index (χ3v) is 6.12. The Balaban J connectivity index is 1.52.